The molecule has 0 radical (unpaired) electrons. The number of carbonyl (C=O) groups is 2. The van der Waals surface area contributed by atoms with Crippen LogP contribution in [0.2, 0.25) is 15.1 Å². The molecule has 37 heavy (non-hydrogen) atoms. The van der Waals surface area contributed by atoms with Gasteiger partial charge in [-0.3, -0.25) is 9.59 Å². The van der Waals surface area contributed by atoms with E-state index < -0.39 is 11.6 Å². The molecule has 4 nitrogen and oxygen atoms in total. The molecule has 0 aliphatic heterocycles. The van der Waals surface area contributed by atoms with Crippen LogP contribution in [0.15, 0.2) is 72.8 Å². The topological polar surface area (TPSA) is 49.4 Å². The zero-order chi connectivity index (χ0) is 27.0. The molecule has 0 saturated heterocycles. The normalized spacial score (nSPS) is 12.2. The molecule has 0 aliphatic carbocycles. The highest BCUT2D eigenvalue weighted by Gasteiger charge is 2.32. The van der Waals surface area contributed by atoms with Gasteiger partial charge in [-0.05, 0) is 61.7 Å². The van der Waals surface area contributed by atoms with Crippen molar-refractivity contribution >= 4 is 58.4 Å². The summed E-state index contributed by atoms with van der Waals surface area (Å²) in [5.74, 6) is 0.311. The highest BCUT2D eigenvalue weighted by Crippen LogP contribution is 2.28. The Morgan fingerprint density at radius 1 is 0.865 bits per heavy atom. The number of nitrogens with zero attached hydrogens (tertiary/aromatic N) is 1. The first-order chi connectivity index (χ1) is 17.5. The Morgan fingerprint density at radius 2 is 1.49 bits per heavy atom. The Hall–Kier alpha value is -2.18. The summed E-state index contributed by atoms with van der Waals surface area (Å²) < 4.78 is 0. The van der Waals surface area contributed by atoms with Crippen LogP contribution in [-0.4, -0.2) is 34.0 Å². The van der Waals surface area contributed by atoms with Crippen molar-refractivity contribution in [1.29, 1.82) is 0 Å². The number of carbonyl (C=O) groups excluding carboxylic acids is 2. The number of hydrogen-bond acceptors (Lipinski definition) is 3. The van der Waals surface area contributed by atoms with Crippen LogP contribution < -0.4 is 5.32 Å². The molecule has 3 aromatic carbocycles. The van der Waals surface area contributed by atoms with Crippen molar-refractivity contribution in [3.63, 3.8) is 0 Å². The van der Waals surface area contributed by atoms with Crippen molar-refractivity contribution in [2.45, 2.75) is 51.1 Å². The van der Waals surface area contributed by atoms with Gasteiger partial charge in [0, 0.05) is 39.3 Å². The minimum Gasteiger partial charge on any atom is -0.350 e. The zero-order valence-electron chi connectivity index (χ0n) is 21.1. The first-order valence-corrected chi connectivity index (χ1v) is 14.2. The van der Waals surface area contributed by atoms with Gasteiger partial charge in [-0.25, -0.2) is 0 Å². The van der Waals surface area contributed by atoms with Crippen molar-refractivity contribution < 1.29 is 9.59 Å². The van der Waals surface area contributed by atoms with Crippen molar-refractivity contribution in [3.8, 4) is 0 Å². The second kappa shape index (κ2) is 13.6. The fourth-order valence-electron chi connectivity index (χ4n) is 3.79. The SMILES string of the molecule is CC(C)(C)NC(=O)[C@@H](Cc1ccccc1)N(Cc1ccc(Cl)cc1)C(=O)CSCc1c(Cl)cccc1Cl. The van der Waals surface area contributed by atoms with Gasteiger partial charge in [0.1, 0.15) is 6.04 Å². The lowest BCUT2D eigenvalue weighted by atomic mass is 10.0. The largest absolute Gasteiger partial charge is 0.350 e. The molecule has 196 valence electrons. The summed E-state index contributed by atoms with van der Waals surface area (Å²) in [6.45, 7) is 6.07. The van der Waals surface area contributed by atoms with Gasteiger partial charge in [-0.15, -0.1) is 11.8 Å². The van der Waals surface area contributed by atoms with Crippen molar-refractivity contribution in [2.75, 3.05) is 5.75 Å². The van der Waals surface area contributed by atoms with E-state index in [1.54, 1.807) is 35.2 Å². The maximum Gasteiger partial charge on any atom is 0.243 e. The van der Waals surface area contributed by atoms with Crippen LogP contribution in [0, 0.1) is 0 Å². The van der Waals surface area contributed by atoms with E-state index in [1.807, 2.05) is 63.2 Å². The van der Waals surface area contributed by atoms with Crippen LogP contribution in [0.3, 0.4) is 0 Å². The number of nitrogens with one attached hydrogen (secondary N) is 1. The Bertz CT molecular complexity index is 1180. The summed E-state index contributed by atoms with van der Waals surface area (Å²) in [6, 6.07) is 21.7. The lowest BCUT2D eigenvalue weighted by Gasteiger charge is -2.34. The van der Waals surface area contributed by atoms with E-state index in [0.29, 0.717) is 27.2 Å². The lowest BCUT2D eigenvalue weighted by Crippen LogP contribution is -2.54. The van der Waals surface area contributed by atoms with Crippen LogP contribution in [0.5, 0.6) is 0 Å². The summed E-state index contributed by atoms with van der Waals surface area (Å²) in [7, 11) is 0. The highest BCUT2D eigenvalue weighted by atomic mass is 35.5. The van der Waals surface area contributed by atoms with E-state index in [0.717, 1.165) is 16.7 Å². The van der Waals surface area contributed by atoms with E-state index in [1.165, 1.54) is 11.8 Å². The molecule has 0 aliphatic rings. The summed E-state index contributed by atoms with van der Waals surface area (Å²) in [4.78, 5) is 28.9. The minimum absolute atomic E-state index is 0.145. The summed E-state index contributed by atoms with van der Waals surface area (Å²) in [5, 5.41) is 4.82. The van der Waals surface area contributed by atoms with Gasteiger partial charge in [-0.2, -0.15) is 0 Å². The van der Waals surface area contributed by atoms with E-state index in [4.69, 9.17) is 34.8 Å². The van der Waals surface area contributed by atoms with E-state index >= 15 is 0 Å². The molecule has 0 fully saturated rings. The van der Waals surface area contributed by atoms with E-state index in [2.05, 4.69) is 5.32 Å². The average Bonchev–Trinajstić information content (AvgIpc) is 2.83. The van der Waals surface area contributed by atoms with Gasteiger partial charge in [0.15, 0.2) is 0 Å². The summed E-state index contributed by atoms with van der Waals surface area (Å²) in [5.41, 5.74) is 2.20. The van der Waals surface area contributed by atoms with Gasteiger partial charge in [-0.1, -0.05) is 83.3 Å². The summed E-state index contributed by atoms with van der Waals surface area (Å²) in [6.07, 6.45) is 0.392. The minimum atomic E-state index is -0.700. The molecule has 0 spiro atoms. The van der Waals surface area contributed by atoms with Crippen LogP contribution in [0.1, 0.15) is 37.5 Å². The molecular formula is C29H31Cl3N2O2S. The molecule has 0 aromatic heterocycles. The predicted molar refractivity (Wildman–Crippen MR) is 156 cm³/mol. The first kappa shape index (κ1) is 29.4. The molecule has 0 unspecified atom stereocenters. The fraction of sp³-hybridized carbons (Fsp3) is 0.310. The smallest absolute Gasteiger partial charge is 0.243 e. The number of rotatable bonds is 10. The second-order valence-corrected chi connectivity index (χ2v) is 12.0. The van der Waals surface area contributed by atoms with Crippen LogP contribution >= 0.6 is 46.6 Å². The third-order valence-electron chi connectivity index (χ3n) is 5.57. The van der Waals surface area contributed by atoms with Crippen LogP contribution in [0.25, 0.3) is 0 Å². The molecule has 0 bridgehead atoms. The molecule has 1 atom stereocenters. The molecule has 8 heteroatoms. The van der Waals surface area contributed by atoms with E-state index in [-0.39, 0.29) is 24.1 Å². The first-order valence-electron chi connectivity index (χ1n) is 11.9. The molecule has 3 aromatic rings. The maximum absolute atomic E-state index is 13.7. The lowest BCUT2D eigenvalue weighted by molar-refractivity contribution is -0.140. The Labute approximate surface area is 238 Å². The van der Waals surface area contributed by atoms with Crippen molar-refractivity contribution in [2.24, 2.45) is 0 Å². The van der Waals surface area contributed by atoms with Gasteiger partial charge in [0.05, 0.1) is 5.75 Å². The number of benzene rings is 3. The molecular weight excluding hydrogens is 547 g/mol. The third kappa shape index (κ3) is 9.26. The standard InChI is InChI=1S/C29H31Cl3N2O2S/c1-29(2,3)33-28(36)26(16-20-8-5-4-6-9-20)34(17-21-12-14-22(30)15-13-21)27(35)19-37-18-23-24(31)10-7-11-25(23)32/h4-15,26H,16-19H2,1-3H3,(H,33,36)/t26-/m1/s1. The molecule has 3 rings (SSSR count). The molecule has 1 N–H and O–H groups in total. The average molecular weight is 578 g/mol. The molecule has 2 amide bonds. The van der Waals surface area contributed by atoms with Crippen molar-refractivity contribution in [1.82, 2.24) is 10.2 Å². The maximum atomic E-state index is 13.7. The third-order valence-corrected chi connectivity index (χ3v) is 7.47. The predicted octanol–water partition coefficient (Wildman–Crippen LogP) is 7.43. The second-order valence-electron chi connectivity index (χ2n) is 9.79. The Morgan fingerprint density at radius 3 is 2.08 bits per heavy atom. The molecule has 0 heterocycles. The Balaban J connectivity index is 1.88. The number of hydrogen-bond donors (Lipinski definition) is 1. The van der Waals surface area contributed by atoms with Crippen LogP contribution in [-0.2, 0) is 28.3 Å². The van der Waals surface area contributed by atoms with Gasteiger partial charge in [0.25, 0.3) is 0 Å². The van der Waals surface area contributed by atoms with Crippen molar-refractivity contribution in [3.05, 3.63) is 105 Å². The van der Waals surface area contributed by atoms with E-state index in [9.17, 15) is 9.59 Å². The number of halogens is 3. The molecule has 0 saturated carbocycles. The van der Waals surface area contributed by atoms with Crippen LogP contribution in [0.4, 0.5) is 0 Å². The monoisotopic (exact) mass is 576 g/mol. The number of thioether (sulfide) groups is 1. The van der Waals surface area contributed by atoms with Gasteiger partial charge < -0.3 is 10.2 Å². The quantitative estimate of drug-likeness (QED) is 0.272. The Kier molecular flexibility index (Phi) is 10.8. The highest BCUT2D eigenvalue weighted by molar-refractivity contribution is 7.99. The fourth-order valence-corrected chi connectivity index (χ4v) is 5.56. The van der Waals surface area contributed by atoms with Gasteiger partial charge >= 0.3 is 0 Å². The summed E-state index contributed by atoms with van der Waals surface area (Å²) >= 11 is 20.1. The zero-order valence-corrected chi connectivity index (χ0v) is 24.2. The van der Waals surface area contributed by atoms with Gasteiger partial charge in [0.2, 0.25) is 11.8 Å². The number of amides is 2.